The lowest BCUT2D eigenvalue weighted by Gasteiger charge is -2.62. The molecule has 3 saturated carbocycles. The number of aliphatic hydroxyl groups is 1. The molecule has 1 saturated heterocycles. The number of anilines is 1. The largest absolute Gasteiger partial charge is 0.496 e. The lowest BCUT2D eigenvalue weighted by molar-refractivity contribution is -0.183. The molecule has 3 aliphatic carbocycles. The van der Waals surface area contributed by atoms with Crippen LogP contribution in [0.25, 0.3) is 11.1 Å². The van der Waals surface area contributed by atoms with Gasteiger partial charge in [0.25, 0.3) is 5.91 Å². The Bertz CT molecular complexity index is 1790. The van der Waals surface area contributed by atoms with Crippen LogP contribution in [0.3, 0.4) is 0 Å². The minimum atomic E-state index is -0.893. The molecule has 57 heavy (non-hydrogen) atoms. The van der Waals surface area contributed by atoms with E-state index >= 15 is 0 Å². The van der Waals surface area contributed by atoms with Gasteiger partial charge in [0.15, 0.2) is 0 Å². The molecule has 2 aromatic rings. The summed E-state index contributed by atoms with van der Waals surface area (Å²) in [7, 11) is 6.86. The molecule has 0 radical (unpaired) electrons. The van der Waals surface area contributed by atoms with E-state index in [1.54, 1.807) is 31.2 Å². The van der Waals surface area contributed by atoms with Crippen LogP contribution in [0.2, 0.25) is 0 Å². The van der Waals surface area contributed by atoms with Crippen molar-refractivity contribution in [1.82, 2.24) is 15.3 Å². The Labute approximate surface area is 339 Å². The van der Waals surface area contributed by atoms with E-state index in [0.29, 0.717) is 39.8 Å². The molecule has 314 valence electrons. The zero-order valence-electron chi connectivity index (χ0n) is 36.1. The van der Waals surface area contributed by atoms with Crippen LogP contribution in [-0.4, -0.2) is 97.9 Å². The van der Waals surface area contributed by atoms with Crippen molar-refractivity contribution in [1.29, 1.82) is 0 Å². The smallest absolute Gasteiger partial charge is 0.306 e. The van der Waals surface area contributed by atoms with Gasteiger partial charge in [-0.25, -0.2) is 0 Å². The maximum atomic E-state index is 14.6. The summed E-state index contributed by atoms with van der Waals surface area (Å²) in [6.45, 7) is 16.1. The van der Waals surface area contributed by atoms with E-state index in [-0.39, 0.29) is 73.0 Å². The topological polar surface area (TPSA) is 138 Å². The van der Waals surface area contributed by atoms with Crippen molar-refractivity contribution in [3.63, 3.8) is 0 Å². The molecule has 2 aromatic carbocycles. The highest BCUT2D eigenvalue weighted by Gasteiger charge is 2.57. The molecular formula is C45H66N4O8. The van der Waals surface area contributed by atoms with Crippen LogP contribution in [0.5, 0.6) is 5.75 Å². The van der Waals surface area contributed by atoms with Crippen molar-refractivity contribution in [3.8, 4) is 16.9 Å². The number of aliphatic hydroxyl groups excluding tert-OH is 1. The molecule has 6 rings (SSSR count). The van der Waals surface area contributed by atoms with Crippen LogP contribution in [0.15, 0.2) is 36.4 Å². The number of carbonyl (C=O) groups is 4. The van der Waals surface area contributed by atoms with E-state index in [2.05, 4.69) is 26.1 Å². The fraction of sp³-hybridized carbons (Fsp3) is 0.644. The number of ether oxygens (including phenoxy) is 2. The lowest BCUT2D eigenvalue weighted by Crippen LogP contribution is -2.62. The molecular weight excluding hydrogens is 725 g/mol. The van der Waals surface area contributed by atoms with E-state index in [9.17, 15) is 24.3 Å². The SMILES string of the molecule is COc1c(CN2O[C@@H](CO)[C@@H]([C@H](C)OC(=O)CC(C)C)C2C(=O)N[C@H]2C[C@H]3C[C@H]([C@@H]2C)C3(C)C)cccc1-c1cc(C(=O)N(C)C(=O)CC(C)C)cc(N(C)C)c1. The number of benzene rings is 2. The average Bonchev–Trinajstić information content (AvgIpc) is 3.52. The zero-order chi connectivity index (χ0) is 42.1. The molecule has 1 aliphatic heterocycles. The standard InChI is InChI=1S/C45H66N4O8/c1-25(2)16-38(51)48(11)44(54)31-18-30(19-33(20-31)47(9)10)34-15-13-14-29(42(34)55-12)23-49-41(40(37(24-50)57-49)28(6)56-39(52)17-26(3)4)43(53)46-36-22-32-21-35(27(36)5)45(32,7)8/h13-15,18-20,25-28,32,35-37,40-41,50H,16-17,21-24H2,1-12H3,(H,46,53)/t27-,28-,32+,35+,36-,37-,40+,41?/m0/s1. The van der Waals surface area contributed by atoms with Crippen molar-refractivity contribution >= 4 is 29.4 Å². The van der Waals surface area contributed by atoms with E-state index < -0.39 is 30.1 Å². The van der Waals surface area contributed by atoms with Crippen molar-refractivity contribution in [2.45, 2.75) is 112 Å². The summed E-state index contributed by atoms with van der Waals surface area (Å²) >= 11 is 0. The summed E-state index contributed by atoms with van der Waals surface area (Å²) in [4.78, 5) is 63.7. The Hall–Kier alpha value is -4.00. The number of hydrogen-bond donors (Lipinski definition) is 2. The molecule has 1 heterocycles. The van der Waals surface area contributed by atoms with E-state index in [0.717, 1.165) is 12.1 Å². The van der Waals surface area contributed by atoms with Gasteiger partial charge in [0, 0.05) is 62.4 Å². The number of hydroxylamine groups is 2. The molecule has 8 atom stereocenters. The molecule has 2 N–H and O–H groups in total. The monoisotopic (exact) mass is 790 g/mol. The maximum Gasteiger partial charge on any atom is 0.306 e. The molecule has 0 aromatic heterocycles. The average molecular weight is 791 g/mol. The van der Waals surface area contributed by atoms with Crippen LogP contribution in [0.1, 0.15) is 97.0 Å². The highest BCUT2D eigenvalue weighted by molar-refractivity contribution is 6.05. The normalized spacial score (nSPS) is 25.8. The van der Waals surface area contributed by atoms with E-state index in [4.69, 9.17) is 14.3 Å². The molecule has 4 fully saturated rings. The van der Waals surface area contributed by atoms with Gasteiger partial charge in [0.1, 0.15) is 24.0 Å². The van der Waals surface area contributed by atoms with Gasteiger partial charge in [-0.3, -0.25) is 28.9 Å². The number of methoxy groups -OCH3 is 1. The minimum absolute atomic E-state index is 0.0118. The van der Waals surface area contributed by atoms with E-state index in [1.165, 1.54) is 18.4 Å². The number of fused-ring (bicyclic) bond motifs is 2. The van der Waals surface area contributed by atoms with Crippen molar-refractivity contribution < 1.29 is 38.6 Å². The van der Waals surface area contributed by atoms with Crippen LogP contribution in [0.4, 0.5) is 5.69 Å². The Balaban J connectivity index is 1.50. The number of para-hydroxylation sites is 1. The van der Waals surface area contributed by atoms with Crippen LogP contribution in [-0.2, 0) is 30.5 Å². The predicted molar refractivity (Wildman–Crippen MR) is 220 cm³/mol. The summed E-state index contributed by atoms with van der Waals surface area (Å²) in [5.74, 6) is 0.146. The van der Waals surface area contributed by atoms with Crippen molar-refractivity contribution in [2.24, 2.45) is 40.9 Å². The number of imide groups is 1. The number of rotatable bonds is 15. The first kappa shape index (κ1) is 44.1. The second-order valence-electron chi connectivity index (χ2n) is 18.3. The third-order valence-electron chi connectivity index (χ3n) is 12.8. The quantitative estimate of drug-likeness (QED) is 0.197. The second kappa shape index (κ2) is 17.9. The highest BCUT2D eigenvalue weighted by atomic mass is 16.7. The predicted octanol–water partition coefficient (Wildman–Crippen LogP) is 6.33. The van der Waals surface area contributed by atoms with Gasteiger partial charge in [0.05, 0.1) is 26.2 Å². The van der Waals surface area contributed by atoms with Crippen molar-refractivity contribution in [2.75, 3.05) is 39.8 Å². The summed E-state index contributed by atoms with van der Waals surface area (Å²) < 4.78 is 12.0. The van der Waals surface area contributed by atoms with Gasteiger partial charge in [0.2, 0.25) is 11.8 Å². The Morgan fingerprint density at radius 3 is 2.26 bits per heavy atom. The van der Waals surface area contributed by atoms with Gasteiger partial charge in [-0.05, 0) is 78.5 Å². The molecule has 12 nitrogen and oxygen atoms in total. The number of nitrogens with zero attached hydrogens (tertiary/aromatic N) is 3. The molecule has 2 bridgehead atoms. The number of nitrogens with one attached hydrogen (secondary N) is 1. The number of carbonyl (C=O) groups excluding carboxylic acids is 4. The van der Waals surface area contributed by atoms with Crippen molar-refractivity contribution in [3.05, 3.63) is 47.5 Å². The van der Waals surface area contributed by atoms with Crippen LogP contribution < -0.4 is 15.0 Å². The molecule has 4 aliphatic rings. The van der Waals surface area contributed by atoms with Gasteiger partial charge in [-0.15, -0.1) is 0 Å². The maximum absolute atomic E-state index is 14.6. The number of hydrogen-bond acceptors (Lipinski definition) is 10. The first-order valence-corrected chi connectivity index (χ1v) is 20.6. The molecule has 0 spiro atoms. The summed E-state index contributed by atoms with van der Waals surface area (Å²) in [6.07, 6.45) is 1.02. The first-order valence-electron chi connectivity index (χ1n) is 20.6. The van der Waals surface area contributed by atoms with Gasteiger partial charge >= 0.3 is 5.97 Å². The summed E-state index contributed by atoms with van der Waals surface area (Å²) in [6, 6.07) is 10.3. The summed E-state index contributed by atoms with van der Waals surface area (Å²) in [5, 5.41) is 15.6. The number of esters is 1. The number of amides is 3. The van der Waals surface area contributed by atoms with Gasteiger partial charge in [-0.2, -0.15) is 5.06 Å². The van der Waals surface area contributed by atoms with Gasteiger partial charge in [-0.1, -0.05) is 66.7 Å². The zero-order valence-corrected chi connectivity index (χ0v) is 36.1. The molecule has 3 amide bonds. The third-order valence-corrected chi connectivity index (χ3v) is 12.8. The Kier molecular flexibility index (Phi) is 13.8. The first-order chi connectivity index (χ1) is 26.8. The minimum Gasteiger partial charge on any atom is -0.496 e. The lowest BCUT2D eigenvalue weighted by atomic mass is 9.45. The fourth-order valence-electron chi connectivity index (χ4n) is 9.42. The highest BCUT2D eigenvalue weighted by Crippen LogP contribution is 2.61. The van der Waals surface area contributed by atoms with E-state index in [1.807, 2.05) is 71.0 Å². The fourth-order valence-corrected chi connectivity index (χ4v) is 9.42. The van der Waals surface area contributed by atoms with Gasteiger partial charge < -0.3 is 24.8 Å². The third kappa shape index (κ3) is 9.34. The Morgan fingerprint density at radius 2 is 1.68 bits per heavy atom. The van der Waals surface area contributed by atoms with Crippen LogP contribution >= 0.6 is 0 Å². The van der Waals surface area contributed by atoms with Crippen LogP contribution in [0, 0.1) is 40.9 Å². The second-order valence-corrected chi connectivity index (χ2v) is 18.3. The Morgan fingerprint density at radius 1 is 1.00 bits per heavy atom. The molecule has 12 heteroatoms. The summed E-state index contributed by atoms with van der Waals surface area (Å²) in [5.41, 5.74) is 3.48. The molecule has 1 unspecified atom stereocenters.